The molecule has 0 unspecified atom stereocenters. The highest BCUT2D eigenvalue weighted by Gasteiger charge is 2.22. The summed E-state index contributed by atoms with van der Waals surface area (Å²) in [4.78, 5) is 32.7. The van der Waals surface area contributed by atoms with E-state index >= 15 is 0 Å². The molecule has 2 rings (SSSR count). The van der Waals surface area contributed by atoms with Gasteiger partial charge >= 0.3 is 0 Å². The van der Waals surface area contributed by atoms with E-state index in [2.05, 4.69) is 20.6 Å². The SMILES string of the molecule is Cc1cc(C(=O)NCc2cnc(OCC(C)(F)F)cc2C)cc(NC(=O)C(C)C)n1. The molecule has 2 aromatic heterocycles. The van der Waals surface area contributed by atoms with Gasteiger partial charge < -0.3 is 15.4 Å². The predicted octanol–water partition coefficient (Wildman–Crippen LogP) is 3.65. The van der Waals surface area contributed by atoms with Crippen molar-refractivity contribution in [1.82, 2.24) is 15.3 Å². The van der Waals surface area contributed by atoms with Crippen LogP contribution in [0, 0.1) is 19.8 Å². The molecule has 0 fully saturated rings. The zero-order valence-corrected chi connectivity index (χ0v) is 17.7. The minimum atomic E-state index is -2.95. The van der Waals surface area contributed by atoms with Crippen molar-refractivity contribution in [2.45, 2.75) is 47.1 Å². The van der Waals surface area contributed by atoms with Gasteiger partial charge in [0.15, 0.2) is 6.61 Å². The van der Waals surface area contributed by atoms with Crippen LogP contribution in [0.25, 0.3) is 0 Å². The molecule has 0 saturated heterocycles. The van der Waals surface area contributed by atoms with E-state index in [9.17, 15) is 18.4 Å². The van der Waals surface area contributed by atoms with Crippen LogP contribution >= 0.6 is 0 Å². The predicted molar refractivity (Wildman–Crippen MR) is 109 cm³/mol. The standard InChI is InChI=1S/C21H26F2N4O3/c1-12(2)19(28)27-17-8-15(7-14(4)26-17)20(29)25-10-16-9-24-18(6-13(16)3)30-11-21(5,22)23/h6-9,12H,10-11H2,1-5H3,(H,25,29)(H,26,27,28). The minimum absolute atomic E-state index is 0.0967. The molecule has 0 aliphatic rings. The molecule has 0 spiro atoms. The molecule has 7 nitrogen and oxygen atoms in total. The number of carbonyl (C=O) groups excluding carboxylic acids is 2. The van der Waals surface area contributed by atoms with Crippen molar-refractivity contribution in [3.8, 4) is 5.88 Å². The Morgan fingerprint density at radius 1 is 1.20 bits per heavy atom. The van der Waals surface area contributed by atoms with E-state index in [1.54, 1.807) is 39.8 Å². The second-order valence-corrected chi connectivity index (χ2v) is 7.52. The van der Waals surface area contributed by atoms with Crippen molar-refractivity contribution in [3.05, 3.63) is 46.8 Å². The van der Waals surface area contributed by atoms with Gasteiger partial charge in [0, 0.05) is 42.9 Å². The number of nitrogens with one attached hydrogen (secondary N) is 2. The highest BCUT2D eigenvalue weighted by atomic mass is 19.3. The van der Waals surface area contributed by atoms with Crippen LogP contribution in [0.4, 0.5) is 14.6 Å². The second-order valence-electron chi connectivity index (χ2n) is 7.52. The van der Waals surface area contributed by atoms with Crippen molar-refractivity contribution in [3.63, 3.8) is 0 Å². The van der Waals surface area contributed by atoms with Gasteiger partial charge in [-0.3, -0.25) is 9.59 Å². The van der Waals surface area contributed by atoms with Crippen LogP contribution in [0.3, 0.4) is 0 Å². The highest BCUT2D eigenvalue weighted by molar-refractivity contribution is 5.97. The molecule has 0 radical (unpaired) electrons. The molecule has 2 N–H and O–H groups in total. The van der Waals surface area contributed by atoms with Gasteiger partial charge in [-0.25, -0.2) is 18.7 Å². The molecule has 0 aliphatic heterocycles. The zero-order chi connectivity index (χ0) is 22.5. The smallest absolute Gasteiger partial charge is 0.278 e. The summed E-state index contributed by atoms with van der Waals surface area (Å²) in [6.45, 7) is 7.23. The number of anilines is 1. The van der Waals surface area contributed by atoms with E-state index in [0.717, 1.165) is 18.1 Å². The fraction of sp³-hybridized carbons (Fsp3) is 0.429. The summed E-state index contributed by atoms with van der Waals surface area (Å²) in [5.74, 6) is -3.28. The van der Waals surface area contributed by atoms with Gasteiger partial charge in [-0.05, 0) is 37.1 Å². The maximum Gasteiger partial charge on any atom is 0.278 e. The molecule has 2 aromatic rings. The number of rotatable bonds is 8. The highest BCUT2D eigenvalue weighted by Crippen LogP contribution is 2.18. The molecule has 2 heterocycles. The van der Waals surface area contributed by atoms with Gasteiger partial charge in [-0.1, -0.05) is 13.8 Å². The molecular weight excluding hydrogens is 394 g/mol. The van der Waals surface area contributed by atoms with E-state index < -0.39 is 12.5 Å². The summed E-state index contributed by atoms with van der Waals surface area (Å²) in [6.07, 6.45) is 1.48. The average Bonchev–Trinajstić information content (AvgIpc) is 2.64. The van der Waals surface area contributed by atoms with Crippen molar-refractivity contribution in [2.75, 3.05) is 11.9 Å². The fourth-order valence-electron chi connectivity index (χ4n) is 2.44. The normalized spacial score (nSPS) is 11.3. The van der Waals surface area contributed by atoms with Crippen LogP contribution in [0.2, 0.25) is 0 Å². The van der Waals surface area contributed by atoms with Gasteiger partial charge in [-0.2, -0.15) is 0 Å². The number of hydrogen-bond donors (Lipinski definition) is 2. The van der Waals surface area contributed by atoms with Crippen molar-refractivity contribution in [1.29, 1.82) is 0 Å². The molecule has 9 heteroatoms. The molecular formula is C21H26F2N4O3. The number of aryl methyl sites for hydroxylation is 2. The molecule has 0 aromatic carbocycles. The number of pyridine rings is 2. The van der Waals surface area contributed by atoms with E-state index in [1.807, 2.05) is 0 Å². The van der Waals surface area contributed by atoms with Gasteiger partial charge in [0.1, 0.15) is 5.82 Å². The van der Waals surface area contributed by atoms with Crippen molar-refractivity contribution >= 4 is 17.6 Å². The van der Waals surface area contributed by atoms with Gasteiger partial charge in [0.05, 0.1) is 0 Å². The summed E-state index contributed by atoms with van der Waals surface area (Å²) < 4.78 is 30.8. The Labute approximate surface area is 174 Å². The summed E-state index contributed by atoms with van der Waals surface area (Å²) in [7, 11) is 0. The number of carbonyl (C=O) groups is 2. The lowest BCUT2D eigenvalue weighted by Gasteiger charge is -2.13. The van der Waals surface area contributed by atoms with Crippen molar-refractivity contribution < 1.29 is 23.1 Å². The van der Waals surface area contributed by atoms with Gasteiger partial charge in [0.25, 0.3) is 11.8 Å². The van der Waals surface area contributed by atoms with E-state index in [4.69, 9.17) is 4.74 Å². The third kappa shape index (κ3) is 7.06. The first kappa shape index (κ1) is 23.2. The van der Waals surface area contributed by atoms with Crippen LogP contribution in [0.15, 0.2) is 24.4 Å². The molecule has 2 amide bonds. The van der Waals surface area contributed by atoms with E-state index in [-0.39, 0.29) is 30.2 Å². The summed E-state index contributed by atoms with van der Waals surface area (Å²) in [5, 5.41) is 5.46. The fourth-order valence-corrected chi connectivity index (χ4v) is 2.44. The number of aromatic nitrogens is 2. The minimum Gasteiger partial charge on any atom is -0.471 e. The van der Waals surface area contributed by atoms with Crippen LogP contribution in [-0.4, -0.2) is 34.3 Å². The first-order valence-electron chi connectivity index (χ1n) is 9.48. The Balaban J connectivity index is 2.03. The van der Waals surface area contributed by atoms with Gasteiger partial charge in [0.2, 0.25) is 11.8 Å². The largest absolute Gasteiger partial charge is 0.471 e. The lowest BCUT2D eigenvalue weighted by Crippen LogP contribution is -2.24. The number of alkyl halides is 2. The lowest BCUT2D eigenvalue weighted by atomic mass is 10.1. The van der Waals surface area contributed by atoms with Crippen LogP contribution in [0.5, 0.6) is 5.88 Å². The second kappa shape index (κ2) is 9.60. The Morgan fingerprint density at radius 2 is 1.90 bits per heavy atom. The van der Waals surface area contributed by atoms with Crippen LogP contribution in [-0.2, 0) is 11.3 Å². The Hall–Kier alpha value is -3.10. The van der Waals surface area contributed by atoms with E-state index in [0.29, 0.717) is 17.1 Å². The van der Waals surface area contributed by atoms with Crippen LogP contribution in [0.1, 0.15) is 48.0 Å². The number of halogens is 2. The first-order chi connectivity index (χ1) is 13.9. The number of ether oxygens (including phenoxy) is 1. The summed E-state index contributed by atoms with van der Waals surface area (Å²) >= 11 is 0. The number of nitrogens with zero attached hydrogens (tertiary/aromatic N) is 2. The van der Waals surface area contributed by atoms with E-state index in [1.165, 1.54) is 12.3 Å². The molecule has 162 valence electrons. The lowest BCUT2D eigenvalue weighted by molar-refractivity contribution is -0.118. The monoisotopic (exact) mass is 420 g/mol. The Morgan fingerprint density at radius 3 is 2.50 bits per heavy atom. The first-order valence-corrected chi connectivity index (χ1v) is 9.48. The quantitative estimate of drug-likeness (QED) is 0.680. The number of amides is 2. The number of hydrogen-bond acceptors (Lipinski definition) is 5. The summed E-state index contributed by atoms with van der Waals surface area (Å²) in [6, 6.07) is 4.67. The molecule has 0 aliphatic carbocycles. The maximum atomic E-state index is 12.9. The zero-order valence-electron chi connectivity index (χ0n) is 17.7. The molecule has 0 bridgehead atoms. The van der Waals surface area contributed by atoms with Gasteiger partial charge in [-0.15, -0.1) is 0 Å². The molecule has 0 saturated carbocycles. The third-order valence-corrected chi connectivity index (χ3v) is 4.10. The third-order valence-electron chi connectivity index (χ3n) is 4.10. The Kier molecular flexibility index (Phi) is 7.42. The maximum absolute atomic E-state index is 12.9. The average molecular weight is 420 g/mol. The van der Waals surface area contributed by atoms with Crippen LogP contribution < -0.4 is 15.4 Å². The summed E-state index contributed by atoms with van der Waals surface area (Å²) in [5.41, 5.74) is 2.42. The molecule has 0 atom stereocenters. The molecule has 30 heavy (non-hydrogen) atoms. The topological polar surface area (TPSA) is 93.2 Å². The Bertz CT molecular complexity index is 927. The van der Waals surface area contributed by atoms with Crippen molar-refractivity contribution in [2.24, 2.45) is 5.92 Å².